The predicted molar refractivity (Wildman–Crippen MR) is 440 cm³/mol. The molecular weight excluding hydrogens is 1660 g/mol. The van der Waals surface area contributed by atoms with Gasteiger partial charge in [-0.15, -0.1) is 5.10 Å². The molecule has 41 nitrogen and oxygen atoms in total. The number of piperidine rings is 1. The number of nitrogens with zero attached hydrogens (tertiary/aromatic N) is 9. The molecule has 3 aromatic carbocycles. The first-order valence-electron chi connectivity index (χ1n) is 40.2. The van der Waals surface area contributed by atoms with Gasteiger partial charge in [-0.05, 0) is 112 Å². The summed E-state index contributed by atoms with van der Waals surface area (Å²) in [5.41, 5.74) is 15.7. The van der Waals surface area contributed by atoms with Crippen LogP contribution in [0.3, 0.4) is 0 Å². The van der Waals surface area contributed by atoms with E-state index in [1.807, 2.05) is 7.05 Å². The van der Waals surface area contributed by atoms with Crippen LogP contribution in [0.15, 0.2) is 90.0 Å². The molecule has 1 aliphatic carbocycles. The number of aliphatic carboxylic acids is 1. The van der Waals surface area contributed by atoms with Crippen LogP contribution in [0.1, 0.15) is 110 Å². The van der Waals surface area contributed by atoms with Gasteiger partial charge in [0.2, 0.25) is 23.7 Å². The molecule has 14 rings (SSSR count). The summed E-state index contributed by atoms with van der Waals surface area (Å²) in [5.74, 6) is -3.12. The van der Waals surface area contributed by atoms with Crippen LogP contribution in [0.2, 0.25) is 0 Å². The number of amides is 5. The number of para-hydroxylation sites is 1. The van der Waals surface area contributed by atoms with Crippen molar-refractivity contribution in [3.05, 3.63) is 135 Å². The van der Waals surface area contributed by atoms with E-state index in [1.165, 1.54) is 49.6 Å². The number of aliphatic hydroxyl groups is 5. The van der Waals surface area contributed by atoms with Crippen molar-refractivity contribution in [2.45, 2.75) is 163 Å². The summed E-state index contributed by atoms with van der Waals surface area (Å²) >= 11 is 0. The molecule has 5 amide bonds. The number of hydrazine groups is 1. The number of aliphatic hydroxyl groups excluding tert-OH is 4. The summed E-state index contributed by atoms with van der Waals surface area (Å²) in [7, 11) is 6.46. The molecule has 7 aliphatic rings. The third-order valence-corrected chi connectivity index (χ3v) is 26.6. The highest BCUT2D eigenvalue weighted by Gasteiger charge is 2.74. The molecule has 7 aromatic rings. The minimum Gasteiger partial charge on any atom is -0.496 e. The molecule has 664 valence electrons. The molecule has 0 radical (unpaired) electrons. The number of anilines is 3. The number of methoxy groups -OCH3 is 1. The maximum Gasteiger partial charge on any atom is 0.426 e. The lowest BCUT2D eigenvalue weighted by molar-refractivity contribution is -0.294. The fourth-order valence-corrected chi connectivity index (χ4v) is 20.7. The van der Waals surface area contributed by atoms with Gasteiger partial charge in [0.1, 0.15) is 36.7 Å². The molecule has 16 N–H and O–H groups in total. The lowest BCUT2D eigenvalue weighted by Gasteiger charge is -2.60. The van der Waals surface area contributed by atoms with Crippen molar-refractivity contribution in [3.8, 4) is 5.75 Å². The number of rotatable bonds is 29. The number of benzene rings is 3. The van der Waals surface area contributed by atoms with E-state index in [-0.39, 0.29) is 112 Å². The second kappa shape index (κ2) is 41.4. The number of likely N-dealkylation sites (N-methyl/N-ethyl adjacent to an activating group) is 1. The summed E-state index contributed by atoms with van der Waals surface area (Å²) in [6.45, 7) is 10.4. The number of ether oxygens (including phenoxy) is 4. The van der Waals surface area contributed by atoms with Gasteiger partial charge < -0.3 is 86.5 Å². The number of nitrogens with one attached hydrogen (secondary N) is 8. The normalized spacial score (nSPS) is 26.3. The van der Waals surface area contributed by atoms with Crippen LogP contribution >= 0.6 is 21.6 Å². The second-order valence-electron chi connectivity index (χ2n) is 31.5. The molecule has 4 aromatic heterocycles. The van der Waals surface area contributed by atoms with E-state index in [9.17, 15) is 59.4 Å². The number of nitrogen functional groups attached to an aromatic ring is 1. The molecule has 16 atom stereocenters. The average molecular weight is 1760 g/mol. The van der Waals surface area contributed by atoms with Crippen LogP contribution in [0.25, 0.3) is 22.1 Å². The first kappa shape index (κ1) is 93.3. The smallest absolute Gasteiger partial charge is 0.426 e. The van der Waals surface area contributed by atoms with Crippen LogP contribution in [0.5, 0.6) is 5.75 Å². The van der Waals surface area contributed by atoms with Crippen molar-refractivity contribution < 1.29 is 107 Å². The predicted octanol–water partition coefficient (Wildman–Crippen LogP) is 0.142. The van der Waals surface area contributed by atoms with E-state index >= 15 is 4.79 Å². The lowest BCUT2D eigenvalue weighted by Crippen LogP contribution is -2.73. The van der Waals surface area contributed by atoms with Gasteiger partial charge in [-0.25, -0.2) is 29.7 Å². The SMILES string of the molecule is CC[C@]1(O)C[C@H]2CN(CCc3c([nH]c4ccccc34)[C@@](C)(c3cc4c(cc3OC)N(C)[C@H]3[C@@H](C(=O)NNC(=O)OCCSSCCNC(=O)[C@H](Cc5cn(CCOC6OC(C(=O)O)C(O)[C@H](O)[C@@H]6O)nn5)NC(=O)CCCNC(=O)c5ccc(NCc6cnc7nc(N)[nH]c(=O)c7n6)cc5)[C@H](O)[C@]5(CC)C=CCN6CC[C@]43[C@@H]65)C2)C1.O=C=O.O=C=O.O=C=O. The van der Waals surface area contributed by atoms with Crippen molar-refractivity contribution in [1.29, 1.82) is 0 Å². The van der Waals surface area contributed by atoms with Gasteiger partial charge in [0.25, 0.3) is 11.5 Å². The Morgan fingerprint density at radius 1 is 0.855 bits per heavy atom. The number of carboxylic acid groups (broad SMARTS) is 1. The van der Waals surface area contributed by atoms with E-state index in [2.05, 4.69) is 151 Å². The van der Waals surface area contributed by atoms with Gasteiger partial charge in [0.15, 0.2) is 23.6 Å². The highest BCUT2D eigenvalue weighted by atomic mass is 33.1. The van der Waals surface area contributed by atoms with Gasteiger partial charge in [-0.1, -0.05) is 71.0 Å². The van der Waals surface area contributed by atoms with E-state index in [0.717, 1.165) is 60.5 Å². The molecule has 2 bridgehead atoms. The molecule has 3 saturated heterocycles. The van der Waals surface area contributed by atoms with E-state index < -0.39 is 118 Å². The molecule has 1 saturated carbocycles. The van der Waals surface area contributed by atoms with E-state index in [0.29, 0.717) is 73.0 Å². The van der Waals surface area contributed by atoms with Crippen LogP contribution in [-0.4, -0.2) is 280 Å². The maximum absolute atomic E-state index is 15.2. The molecule has 4 fully saturated rings. The summed E-state index contributed by atoms with van der Waals surface area (Å²) in [5, 5.41) is 86.3. The molecule has 1 spiro atoms. The van der Waals surface area contributed by atoms with Crippen molar-refractivity contribution in [2.75, 3.05) is 101 Å². The number of H-pyrrole nitrogens is 2. The fourth-order valence-electron chi connectivity index (χ4n) is 18.9. The minimum absolute atomic E-state index is 0.0207. The maximum atomic E-state index is 15.2. The number of aromatic amines is 2. The number of hydrogen-bond acceptors (Lipinski definition) is 34. The second-order valence-corrected chi connectivity index (χ2v) is 34.2. The van der Waals surface area contributed by atoms with E-state index in [1.54, 1.807) is 31.4 Å². The molecule has 10 heterocycles. The molecule has 43 heteroatoms. The van der Waals surface area contributed by atoms with Gasteiger partial charge in [0, 0.05) is 144 Å². The van der Waals surface area contributed by atoms with Crippen LogP contribution < -0.4 is 53.0 Å². The minimum atomic E-state index is -1.90. The zero-order valence-electron chi connectivity index (χ0n) is 68.5. The number of fused-ring (bicyclic) bond motifs is 7. The first-order chi connectivity index (χ1) is 59.5. The largest absolute Gasteiger partial charge is 0.496 e. The van der Waals surface area contributed by atoms with Crippen molar-refractivity contribution in [3.63, 3.8) is 0 Å². The van der Waals surface area contributed by atoms with Crippen LogP contribution in [0, 0.1) is 17.3 Å². The number of carboxylic acids is 1. The number of carbonyl (C=O) groups is 6. The Hall–Kier alpha value is -11.4. The monoisotopic (exact) mass is 1760 g/mol. The van der Waals surface area contributed by atoms with Crippen molar-refractivity contribution >= 4 is 115 Å². The number of carbonyl (C=O) groups excluding carboxylic acids is 11. The van der Waals surface area contributed by atoms with E-state index in [4.69, 9.17) is 53.4 Å². The summed E-state index contributed by atoms with van der Waals surface area (Å²) in [6, 6.07) is 17.7. The molecular formula is C81H100N18O23S2. The van der Waals surface area contributed by atoms with Gasteiger partial charge in [0.05, 0.1) is 68.1 Å². The Balaban J connectivity index is 0.00000159. The Bertz CT molecular complexity index is 5170. The quantitative estimate of drug-likeness (QED) is 0.0128. The first-order valence-corrected chi connectivity index (χ1v) is 42.7. The molecule has 4 unspecified atom stereocenters. The Morgan fingerprint density at radius 2 is 1.60 bits per heavy atom. The fraction of sp³-hybridized carbons (Fsp3) is 0.519. The highest BCUT2D eigenvalue weighted by molar-refractivity contribution is 8.76. The summed E-state index contributed by atoms with van der Waals surface area (Å²) in [6.07, 6.45) is 0.985. The Kier molecular flexibility index (Phi) is 31.1. The molecule has 6 aliphatic heterocycles. The zero-order chi connectivity index (χ0) is 89.4. The summed E-state index contributed by atoms with van der Waals surface area (Å²) < 4.78 is 24.1. The third kappa shape index (κ3) is 20.2. The Labute approximate surface area is 716 Å². The number of aromatic nitrogens is 8. The highest BCUT2D eigenvalue weighted by Crippen LogP contribution is 2.67. The topological polar surface area (TPSA) is 589 Å². The summed E-state index contributed by atoms with van der Waals surface area (Å²) in [4.78, 5) is 168. The van der Waals surface area contributed by atoms with Crippen LogP contribution in [-0.2, 0) is 98.9 Å². The van der Waals surface area contributed by atoms with Crippen molar-refractivity contribution in [2.24, 2.45) is 17.3 Å². The Morgan fingerprint density at radius 3 is 2.32 bits per heavy atom. The number of hydrogen-bond donors (Lipinski definition) is 15. The van der Waals surface area contributed by atoms with Gasteiger partial charge in [-0.2, -0.15) is 33.8 Å². The van der Waals surface area contributed by atoms with Gasteiger partial charge in [-0.3, -0.25) is 44.2 Å². The standard InChI is InChI=1S/C78H100N18O17S2.3CO2/c1-6-76(109)36-42-35-75(3,62-48(19-25-94(39-42)41-76)47-12-8-9-13-51(47)86-62)50-33-49-53(34-54(50)110-5)93(4)63-56(64(101)77(7-2)20-11-24-95-26-21-78(49,63)72(77)95)68(104)90-91-74(108)112-29-31-115-114-30-23-81-67(103)52(32-45-40-96(92-89-45)27-28-111-71-60(100)58(98)59(99)61(113-71)70(106)107)85-55(97)14-10-22-80-66(102)43-15-17-44(18-16-43)82-37-46-38-83-65-57(84-46)69(105)88-73(79)87-65;3*2-1-3/h8-9,11-13,15-18,20,33-34,38,40,42,52,56,58-61,63-64,71-72,82,86,98-101,109H,6-7,10,14,19,21-32,35-37,39,41H2,1-5H3,(H,80,102)(H,81,103)(H,85,97)(H,90,104)(H,91,108)(H,106,107)(H3,79,83,87,88,105);;;/t42-,52-,56+,58-,59?,60-,61?,63-,64-,71?,72-,75+,76-,77-,78-;;;/m0.../s1. The van der Waals surface area contributed by atoms with Gasteiger partial charge >= 0.3 is 30.5 Å². The lowest BCUT2D eigenvalue weighted by atomic mass is 9.49. The molecule has 124 heavy (non-hydrogen) atoms. The van der Waals surface area contributed by atoms with Crippen LogP contribution in [0.4, 0.5) is 22.1 Å². The average Bonchev–Trinajstić information content (AvgIpc) is 1.49. The third-order valence-electron chi connectivity index (χ3n) is 24.2. The zero-order valence-corrected chi connectivity index (χ0v) is 70.2. The number of nitrogens with two attached hydrogens (primary N) is 1. The van der Waals surface area contributed by atoms with Crippen molar-refractivity contribution in [1.82, 2.24) is 76.5 Å².